The second-order valence-corrected chi connectivity index (χ2v) is 4.95. The Morgan fingerprint density at radius 1 is 1.40 bits per heavy atom. The number of nitriles is 1. The van der Waals surface area contributed by atoms with Gasteiger partial charge >= 0.3 is 0 Å². The summed E-state index contributed by atoms with van der Waals surface area (Å²) in [6, 6.07) is 4.01. The first-order valence-electron chi connectivity index (χ1n) is 4.24. The molecule has 2 heterocycles. The van der Waals surface area contributed by atoms with E-state index in [1.54, 1.807) is 23.7 Å². The Bertz CT molecular complexity index is 500. The first-order chi connectivity index (χ1) is 7.31. The largest absolute Gasteiger partial charge is 0.248 e. The van der Waals surface area contributed by atoms with E-state index in [-0.39, 0.29) is 0 Å². The lowest BCUT2D eigenvalue weighted by atomic mass is 10.2. The van der Waals surface area contributed by atoms with Crippen molar-refractivity contribution in [3.8, 4) is 6.07 Å². The van der Waals surface area contributed by atoms with Crippen LogP contribution in [0.5, 0.6) is 0 Å². The maximum Gasteiger partial charge on any atom is 0.156 e. The van der Waals surface area contributed by atoms with Crippen LogP contribution in [-0.4, -0.2) is 9.97 Å². The zero-order valence-electron chi connectivity index (χ0n) is 7.97. The summed E-state index contributed by atoms with van der Waals surface area (Å²) in [5, 5.41) is 11.6. The number of nitrogens with zero attached hydrogens (tertiary/aromatic N) is 3. The normalized spacial score (nSPS) is 9.87. The smallest absolute Gasteiger partial charge is 0.156 e. The topological polar surface area (TPSA) is 49.6 Å². The molecule has 0 spiro atoms. The third kappa shape index (κ3) is 2.17. The van der Waals surface area contributed by atoms with E-state index >= 15 is 0 Å². The zero-order valence-corrected chi connectivity index (χ0v) is 9.60. The molecular weight excluding hydrogens is 226 g/mol. The highest BCUT2D eigenvalue weighted by molar-refractivity contribution is 8.01. The van der Waals surface area contributed by atoms with E-state index in [2.05, 4.69) is 16.0 Å². The third-order valence-electron chi connectivity index (χ3n) is 1.83. The highest BCUT2D eigenvalue weighted by Gasteiger charge is 2.09. The molecule has 2 aromatic heterocycles. The Kier molecular flexibility index (Phi) is 2.99. The summed E-state index contributed by atoms with van der Waals surface area (Å²) in [6.07, 6.45) is 3.46. The minimum atomic E-state index is 0.637. The average molecular weight is 233 g/mol. The molecule has 15 heavy (non-hydrogen) atoms. The summed E-state index contributed by atoms with van der Waals surface area (Å²) < 4.78 is 0.907. The van der Waals surface area contributed by atoms with Crippen molar-refractivity contribution < 1.29 is 0 Å². The van der Waals surface area contributed by atoms with E-state index in [9.17, 15) is 0 Å². The van der Waals surface area contributed by atoms with Crippen LogP contribution in [0.2, 0.25) is 0 Å². The lowest BCUT2D eigenvalue weighted by Crippen LogP contribution is -1.89. The zero-order chi connectivity index (χ0) is 10.7. The molecule has 2 rings (SSSR count). The van der Waals surface area contributed by atoms with Crippen molar-refractivity contribution in [3.63, 3.8) is 0 Å². The number of hydrogen-bond donors (Lipinski definition) is 0. The highest BCUT2D eigenvalue weighted by Crippen LogP contribution is 2.30. The van der Waals surface area contributed by atoms with Crippen LogP contribution in [0.15, 0.2) is 33.2 Å². The van der Waals surface area contributed by atoms with Gasteiger partial charge in [0.1, 0.15) is 11.1 Å². The number of hydrogen-bond acceptors (Lipinski definition) is 5. The minimum Gasteiger partial charge on any atom is -0.248 e. The van der Waals surface area contributed by atoms with Gasteiger partial charge in [0.2, 0.25) is 0 Å². The quantitative estimate of drug-likeness (QED) is 0.800. The van der Waals surface area contributed by atoms with E-state index in [0.717, 1.165) is 14.9 Å². The van der Waals surface area contributed by atoms with E-state index in [4.69, 9.17) is 5.26 Å². The molecule has 0 radical (unpaired) electrons. The van der Waals surface area contributed by atoms with Crippen molar-refractivity contribution in [2.24, 2.45) is 0 Å². The van der Waals surface area contributed by atoms with Crippen LogP contribution in [0.1, 0.15) is 11.1 Å². The number of thiazole rings is 1. The molecule has 3 nitrogen and oxygen atoms in total. The highest BCUT2D eigenvalue weighted by atomic mass is 32.2. The van der Waals surface area contributed by atoms with Crippen molar-refractivity contribution in [1.29, 1.82) is 5.26 Å². The van der Waals surface area contributed by atoms with Crippen molar-refractivity contribution in [2.75, 3.05) is 0 Å². The average Bonchev–Trinajstić information content (AvgIpc) is 2.71. The van der Waals surface area contributed by atoms with Crippen LogP contribution in [-0.2, 0) is 0 Å². The molecule has 0 N–H and O–H groups in total. The van der Waals surface area contributed by atoms with Crippen LogP contribution >= 0.6 is 23.1 Å². The monoisotopic (exact) mass is 233 g/mol. The number of rotatable bonds is 2. The second kappa shape index (κ2) is 4.43. The van der Waals surface area contributed by atoms with Crippen LogP contribution in [0, 0.1) is 18.3 Å². The van der Waals surface area contributed by atoms with Crippen molar-refractivity contribution in [3.05, 3.63) is 35.0 Å². The Morgan fingerprint density at radius 2 is 2.27 bits per heavy atom. The molecule has 0 amide bonds. The first-order valence-corrected chi connectivity index (χ1v) is 5.94. The summed E-state index contributed by atoms with van der Waals surface area (Å²) in [5.74, 6) is 0. The Hall–Kier alpha value is -1.38. The van der Waals surface area contributed by atoms with E-state index < -0.39 is 0 Å². The fourth-order valence-corrected chi connectivity index (χ4v) is 2.75. The van der Waals surface area contributed by atoms with Crippen LogP contribution in [0.4, 0.5) is 0 Å². The SMILES string of the molecule is Cc1ccnc(Sc2nccs2)c1C#N. The predicted octanol–water partition coefficient (Wildman–Crippen LogP) is 2.87. The van der Waals surface area contributed by atoms with Gasteiger partial charge in [-0.2, -0.15) is 5.26 Å². The van der Waals surface area contributed by atoms with Gasteiger partial charge in [-0.05, 0) is 30.3 Å². The van der Waals surface area contributed by atoms with E-state index in [0.29, 0.717) is 5.56 Å². The molecule has 0 bridgehead atoms. The molecule has 0 saturated carbocycles. The van der Waals surface area contributed by atoms with Gasteiger partial charge in [-0.15, -0.1) is 11.3 Å². The van der Waals surface area contributed by atoms with Gasteiger partial charge in [0.05, 0.1) is 5.56 Å². The van der Waals surface area contributed by atoms with Gasteiger partial charge in [0.15, 0.2) is 4.34 Å². The molecule has 0 aromatic carbocycles. The van der Waals surface area contributed by atoms with Gasteiger partial charge in [-0.3, -0.25) is 0 Å². The maximum absolute atomic E-state index is 9.01. The minimum absolute atomic E-state index is 0.637. The van der Waals surface area contributed by atoms with Gasteiger partial charge < -0.3 is 0 Å². The van der Waals surface area contributed by atoms with Crippen molar-refractivity contribution in [2.45, 2.75) is 16.3 Å². The molecule has 0 atom stereocenters. The van der Waals surface area contributed by atoms with E-state index in [1.165, 1.54) is 11.8 Å². The van der Waals surface area contributed by atoms with E-state index in [1.807, 2.05) is 18.4 Å². The summed E-state index contributed by atoms with van der Waals surface area (Å²) in [4.78, 5) is 8.34. The maximum atomic E-state index is 9.01. The molecule has 0 fully saturated rings. The molecule has 5 heteroatoms. The molecular formula is C10H7N3S2. The summed E-state index contributed by atoms with van der Waals surface area (Å²) in [5.41, 5.74) is 1.59. The number of aromatic nitrogens is 2. The molecule has 0 aliphatic rings. The fraction of sp³-hybridized carbons (Fsp3) is 0.100. The van der Waals surface area contributed by atoms with Crippen molar-refractivity contribution in [1.82, 2.24) is 9.97 Å². The standard InChI is InChI=1S/C10H7N3S2/c1-7-2-3-12-9(8(7)6-11)15-10-13-4-5-14-10/h2-5H,1H3. The van der Waals surface area contributed by atoms with Crippen LogP contribution in [0.3, 0.4) is 0 Å². The Labute approximate surface area is 95.8 Å². The lowest BCUT2D eigenvalue weighted by molar-refractivity contribution is 1.08. The molecule has 2 aromatic rings. The van der Waals surface area contributed by atoms with Gasteiger partial charge in [-0.25, -0.2) is 9.97 Å². The van der Waals surface area contributed by atoms with Crippen LogP contribution < -0.4 is 0 Å². The van der Waals surface area contributed by atoms with Crippen LogP contribution in [0.25, 0.3) is 0 Å². The third-order valence-corrected chi connectivity index (χ3v) is 3.72. The van der Waals surface area contributed by atoms with Gasteiger partial charge in [0, 0.05) is 17.8 Å². The van der Waals surface area contributed by atoms with Gasteiger partial charge in [-0.1, -0.05) is 0 Å². The lowest BCUT2D eigenvalue weighted by Gasteiger charge is -2.01. The first kappa shape index (κ1) is 10.1. The second-order valence-electron chi connectivity index (χ2n) is 2.82. The summed E-state index contributed by atoms with van der Waals surface area (Å²) >= 11 is 2.98. The molecule has 0 unspecified atom stereocenters. The Balaban J connectivity index is 2.37. The molecule has 0 aliphatic carbocycles. The Morgan fingerprint density at radius 3 is 2.93 bits per heavy atom. The number of pyridine rings is 1. The molecule has 74 valence electrons. The summed E-state index contributed by atoms with van der Waals surface area (Å²) in [6.45, 7) is 1.91. The summed E-state index contributed by atoms with van der Waals surface area (Å²) in [7, 11) is 0. The molecule has 0 aliphatic heterocycles. The predicted molar refractivity (Wildman–Crippen MR) is 59.9 cm³/mol. The van der Waals surface area contributed by atoms with Gasteiger partial charge in [0.25, 0.3) is 0 Å². The van der Waals surface area contributed by atoms with Crippen molar-refractivity contribution >= 4 is 23.1 Å². The fourth-order valence-electron chi connectivity index (χ4n) is 1.09. The number of aryl methyl sites for hydroxylation is 1. The molecule has 0 saturated heterocycles.